The van der Waals surface area contributed by atoms with Crippen molar-refractivity contribution in [3.63, 3.8) is 0 Å². The second-order valence-electron chi connectivity index (χ2n) is 7.11. The molecule has 2 aromatic carbocycles. The summed E-state index contributed by atoms with van der Waals surface area (Å²) in [6, 6.07) is 15.0. The van der Waals surface area contributed by atoms with Gasteiger partial charge in [0, 0.05) is 36.9 Å². The zero-order valence-corrected chi connectivity index (χ0v) is 16.8. The minimum atomic E-state index is -3.44. The van der Waals surface area contributed by atoms with Gasteiger partial charge in [-0.05, 0) is 48.2 Å². The van der Waals surface area contributed by atoms with Crippen molar-refractivity contribution in [1.82, 2.24) is 4.31 Å². The van der Waals surface area contributed by atoms with Crippen molar-refractivity contribution >= 4 is 27.3 Å². The van der Waals surface area contributed by atoms with E-state index < -0.39 is 10.0 Å². The number of piperazine rings is 1. The van der Waals surface area contributed by atoms with Crippen molar-refractivity contribution in [2.24, 2.45) is 5.92 Å². The van der Waals surface area contributed by atoms with Crippen molar-refractivity contribution < 1.29 is 8.42 Å². The summed E-state index contributed by atoms with van der Waals surface area (Å²) in [5.74, 6) is 0.553. The van der Waals surface area contributed by atoms with E-state index >= 15 is 0 Å². The monoisotopic (exact) mass is 392 g/mol. The maximum atomic E-state index is 12.9. The summed E-state index contributed by atoms with van der Waals surface area (Å²) in [6.07, 6.45) is 0.957. The molecule has 0 radical (unpaired) electrons. The highest BCUT2D eigenvalue weighted by atomic mass is 35.5. The van der Waals surface area contributed by atoms with E-state index in [0.29, 0.717) is 42.0 Å². The molecule has 140 valence electrons. The first-order valence-corrected chi connectivity index (χ1v) is 10.8. The molecule has 3 rings (SSSR count). The van der Waals surface area contributed by atoms with Gasteiger partial charge in [0.25, 0.3) is 0 Å². The molecular weight excluding hydrogens is 368 g/mol. The summed E-state index contributed by atoms with van der Waals surface area (Å²) in [4.78, 5) is 2.55. The molecule has 0 N–H and O–H groups in total. The van der Waals surface area contributed by atoms with Crippen LogP contribution in [0.3, 0.4) is 0 Å². The van der Waals surface area contributed by atoms with Crippen molar-refractivity contribution in [2.75, 3.05) is 31.1 Å². The van der Waals surface area contributed by atoms with Gasteiger partial charge in [-0.25, -0.2) is 8.42 Å². The Morgan fingerprint density at radius 1 is 1.00 bits per heavy atom. The number of halogens is 1. The lowest BCUT2D eigenvalue weighted by molar-refractivity contribution is 0.385. The molecule has 2 aromatic rings. The number of hydrogen-bond acceptors (Lipinski definition) is 3. The number of benzene rings is 2. The highest BCUT2D eigenvalue weighted by molar-refractivity contribution is 7.89. The summed E-state index contributed by atoms with van der Waals surface area (Å²) in [5, 5.41) is 0.694. The van der Waals surface area contributed by atoms with Crippen LogP contribution < -0.4 is 4.90 Å². The van der Waals surface area contributed by atoms with Crippen molar-refractivity contribution in [1.29, 1.82) is 0 Å². The van der Waals surface area contributed by atoms with Gasteiger partial charge in [0.05, 0.1) is 4.90 Å². The standard InChI is InChI=1S/C20H25ClN2O2S/c1-16(2)14-17-6-8-20(9-7-17)26(24,25)23-12-10-22(11-13-23)19-5-3-4-18(21)15-19/h3-9,15-16H,10-14H2,1-2H3. The van der Waals surface area contributed by atoms with Gasteiger partial charge in [-0.15, -0.1) is 0 Å². The second-order valence-corrected chi connectivity index (χ2v) is 9.49. The van der Waals surface area contributed by atoms with Gasteiger partial charge in [0.15, 0.2) is 0 Å². The molecule has 6 heteroatoms. The fourth-order valence-corrected chi connectivity index (χ4v) is 4.88. The lowest BCUT2D eigenvalue weighted by atomic mass is 10.0. The molecule has 26 heavy (non-hydrogen) atoms. The van der Waals surface area contributed by atoms with Gasteiger partial charge in [-0.1, -0.05) is 43.6 Å². The molecule has 1 saturated heterocycles. The first kappa shape index (κ1) is 19.2. The third-order valence-electron chi connectivity index (χ3n) is 4.62. The Bertz CT molecular complexity index is 842. The number of anilines is 1. The van der Waals surface area contributed by atoms with E-state index in [2.05, 4.69) is 18.7 Å². The summed E-state index contributed by atoms with van der Waals surface area (Å²) in [7, 11) is -3.44. The highest BCUT2D eigenvalue weighted by Crippen LogP contribution is 2.24. The minimum absolute atomic E-state index is 0.376. The average Bonchev–Trinajstić information content (AvgIpc) is 2.62. The van der Waals surface area contributed by atoms with Crippen molar-refractivity contribution in [2.45, 2.75) is 25.2 Å². The molecule has 0 spiro atoms. The molecule has 0 atom stereocenters. The third kappa shape index (κ3) is 4.40. The van der Waals surface area contributed by atoms with Crippen LogP contribution in [0.4, 0.5) is 5.69 Å². The molecular formula is C20H25ClN2O2S. The minimum Gasteiger partial charge on any atom is -0.369 e. The van der Waals surface area contributed by atoms with Crippen molar-refractivity contribution in [3.05, 3.63) is 59.1 Å². The maximum absolute atomic E-state index is 12.9. The van der Waals surface area contributed by atoms with Crippen LogP contribution in [0, 0.1) is 5.92 Å². The normalized spacial score (nSPS) is 16.2. The Hall–Kier alpha value is -1.56. The predicted molar refractivity (Wildman–Crippen MR) is 107 cm³/mol. The Labute approximate surface area is 161 Å². The van der Waals surface area contributed by atoms with Crippen LogP contribution in [0.25, 0.3) is 0 Å². The fourth-order valence-electron chi connectivity index (χ4n) is 3.28. The van der Waals surface area contributed by atoms with Gasteiger partial charge in [-0.3, -0.25) is 0 Å². The van der Waals surface area contributed by atoms with E-state index in [-0.39, 0.29) is 0 Å². The quantitative estimate of drug-likeness (QED) is 0.770. The van der Waals surface area contributed by atoms with Crippen LogP contribution in [0.1, 0.15) is 19.4 Å². The molecule has 0 amide bonds. The molecule has 0 aliphatic carbocycles. The van der Waals surface area contributed by atoms with Crippen LogP contribution >= 0.6 is 11.6 Å². The molecule has 4 nitrogen and oxygen atoms in total. The molecule has 0 saturated carbocycles. The molecule has 1 aliphatic heterocycles. The van der Waals surface area contributed by atoms with Crippen LogP contribution in [0.15, 0.2) is 53.4 Å². The van der Waals surface area contributed by atoms with Crippen LogP contribution in [-0.4, -0.2) is 38.9 Å². The lowest BCUT2D eigenvalue weighted by Gasteiger charge is -2.35. The smallest absolute Gasteiger partial charge is 0.243 e. The molecule has 0 bridgehead atoms. The Balaban J connectivity index is 1.68. The van der Waals surface area contributed by atoms with Crippen LogP contribution in [-0.2, 0) is 16.4 Å². The first-order chi connectivity index (χ1) is 12.4. The predicted octanol–water partition coefficient (Wildman–Crippen LogP) is 4.05. The second kappa shape index (κ2) is 7.99. The van der Waals surface area contributed by atoms with Crippen LogP contribution in [0.5, 0.6) is 0 Å². The topological polar surface area (TPSA) is 40.6 Å². The van der Waals surface area contributed by atoms with E-state index in [4.69, 9.17) is 11.6 Å². The maximum Gasteiger partial charge on any atom is 0.243 e. The Morgan fingerprint density at radius 2 is 1.65 bits per heavy atom. The highest BCUT2D eigenvalue weighted by Gasteiger charge is 2.28. The van der Waals surface area contributed by atoms with Gasteiger partial charge in [0.1, 0.15) is 0 Å². The molecule has 1 aliphatic rings. The van der Waals surface area contributed by atoms with Gasteiger partial charge >= 0.3 is 0 Å². The number of sulfonamides is 1. The van der Waals surface area contributed by atoms with Crippen molar-refractivity contribution in [3.8, 4) is 0 Å². The van der Waals surface area contributed by atoms with E-state index in [0.717, 1.165) is 12.1 Å². The number of rotatable bonds is 5. The van der Waals surface area contributed by atoms with E-state index in [1.54, 1.807) is 16.4 Å². The summed E-state index contributed by atoms with van der Waals surface area (Å²) >= 11 is 6.06. The van der Waals surface area contributed by atoms with E-state index in [9.17, 15) is 8.42 Å². The SMILES string of the molecule is CC(C)Cc1ccc(S(=O)(=O)N2CCN(c3cccc(Cl)c3)CC2)cc1. The lowest BCUT2D eigenvalue weighted by Crippen LogP contribution is -2.48. The molecule has 1 fully saturated rings. The molecule has 0 aromatic heterocycles. The summed E-state index contributed by atoms with van der Waals surface area (Å²) < 4.78 is 27.4. The van der Waals surface area contributed by atoms with E-state index in [1.807, 2.05) is 36.4 Å². The fraction of sp³-hybridized carbons (Fsp3) is 0.400. The zero-order chi connectivity index (χ0) is 18.7. The Morgan fingerprint density at radius 3 is 2.23 bits per heavy atom. The zero-order valence-electron chi connectivity index (χ0n) is 15.2. The first-order valence-electron chi connectivity index (χ1n) is 8.96. The Kier molecular flexibility index (Phi) is 5.90. The summed E-state index contributed by atoms with van der Waals surface area (Å²) in [6.45, 7) is 6.58. The number of hydrogen-bond donors (Lipinski definition) is 0. The number of nitrogens with zero attached hydrogens (tertiary/aromatic N) is 2. The third-order valence-corrected chi connectivity index (χ3v) is 6.77. The largest absolute Gasteiger partial charge is 0.369 e. The van der Waals surface area contributed by atoms with Gasteiger partial charge in [0.2, 0.25) is 10.0 Å². The van der Waals surface area contributed by atoms with E-state index in [1.165, 1.54) is 5.56 Å². The average molecular weight is 393 g/mol. The molecule has 1 heterocycles. The van der Waals surface area contributed by atoms with Crippen LogP contribution in [0.2, 0.25) is 5.02 Å². The molecule has 0 unspecified atom stereocenters. The van der Waals surface area contributed by atoms with Gasteiger partial charge in [-0.2, -0.15) is 4.31 Å². The summed E-state index contributed by atoms with van der Waals surface area (Å²) in [5.41, 5.74) is 2.21. The van der Waals surface area contributed by atoms with Gasteiger partial charge < -0.3 is 4.90 Å².